The van der Waals surface area contributed by atoms with Gasteiger partial charge in [-0.05, 0) is 65.7 Å². The fraction of sp³-hybridized carbons (Fsp3) is 0. The molecule has 4 heterocycles. The molecular formula is C42H27N3O2. The molecule has 9 aromatic rings. The molecule has 0 saturated carbocycles. The second kappa shape index (κ2) is 10.9. The van der Waals surface area contributed by atoms with Gasteiger partial charge in [0.25, 0.3) is 0 Å². The molecule has 0 saturated heterocycles. The van der Waals surface area contributed by atoms with E-state index in [4.69, 9.17) is 14.4 Å². The summed E-state index contributed by atoms with van der Waals surface area (Å²) in [5.74, 6) is 0.194. The number of aromatic nitrogens is 3. The number of phenols is 1. The van der Waals surface area contributed by atoms with E-state index >= 15 is 0 Å². The van der Waals surface area contributed by atoms with Crippen molar-refractivity contribution in [1.29, 1.82) is 0 Å². The van der Waals surface area contributed by atoms with Crippen molar-refractivity contribution in [2.45, 2.75) is 0 Å². The van der Waals surface area contributed by atoms with Crippen molar-refractivity contribution in [1.82, 2.24) is 14.4 Å². The van der Waals surface area contributed by atoms with E-state index in [0.717, 1.165) is 72.5 Å². The Hall–Kier alpha value is -6.46. The van der Waals surface area contributed by atoms with Crippen molar-refractivity contribution in [2.24, 2.45) is 0 Å². The lowest BCUT2D eigenvalue weighted by Gasteiger charge is -2.12. The molecule has 5 heteroatoms. The molecule has 9 rings (SSSR count). The Morgan fingerprint density at radius 1 is 0.511 bits per heavy atom. The Bertz CT molecular complexity index is 2600. The van der Waals surface area contributed by atoms with Gasteiger partial charge >= 0.3 is 0 Å². The first-order chi connectivity index (χ1) is 23.2. The molecule has 0 atom stereocenters. The summed E-state index contributed by atoms with van der Waals surface area (Å²) in [5.41, 5.74) is 11.5. The first kappa shape index (κ1) is 26.9. The van der Waals surface area contributed by atoms with Gasteiger partial charge in [-0.1, -0.05) is 97.1 Å². The van der Waals surface area contributed by atoms with Crippen LogP contribution >= 0.6 is 0 Å². The second-order valence-corrected chi connectivity index (χ2v) is 11.6. The number of hydrogen-bond acceptors (Lipinski definition) is 4. The van der Waals surface area contributed by atoms with E-state index in [1.165, 1.54) is 0 Å². The lowest BCUT2D eigenvalue weighted by atomic mass is 9.97. The smallest absolute Gasteiger partial charge is 0.144 e. The summed E-state index contributed by atoms with van der Waals surface area (Å²) in [6.07, 6.45) is 2.05. The largest absolute Gasteiger partial charge is 0.507 e. The topological polar surface area (TPSA) is 63.6 Å². The van der Waals surface area contributed by atoms with Crippen molar-refractivity contribution in [2.75, 3.05) is 0 Å². The Morgan fingerprint density at radius 2 is 1.21 bits per heavy atom. The van der Waals surface area contributed by atoms with Crippen LogP contribution in [0.3, 0.4) is 0 Å². The van der Waals surface area contributed by atoms with E-state index in [-0.39, 0.29) is 5.75 Å². The Balaban J connectivity index is 1.25. The van der Waals surface area contributed by atoms with E-state index in [2.05, 4.69) is 77.3 Å². The third-order valence-electron chi connectivity index (χ3n) is 8.73. The highest BCUT2D eigenvalue weighted by Gasteiger charge is 2.21. The highest BCUT2D eigenvalue weighted by atomic mass is 16.3. The minimum Gasteiger partial charge on any atom is -0.507 e. The van der Waals surface area contributed by atoms with Crippen LogP contribution in [0.2, 0.25) is 0 Å². The number of hydrogen-bond donors (Lipinski definition) is 1. The number of fused-ring (bicyclic) bond motifs is 4. The molecule has 0 bridgehead atoms. The number of rotatable bonds is 5. The van der Waals surface area contributed by atoms with Gasteiger partial charge < -0.3 is 9.52 Å². The van der Waals surface area contributed by atoms with Gasteiger partial charge in [-0.3, -0.25) is 4.40 Å². The van der Waals surface area contributed by atoms with E-state index in [1.54, 1.807) is 6.07 Å². The Kier molecular flexibility index (Phi) is 6.22. The molecule has 0 radical (unpaired) electrons. The van der Waals surface area contributed by atoms with Crippen molar-refractivity contribution in [3.05, 3.63) is 158 Å². The number of phenolic OH excluding ortho intramolecular Hbond substituents is 1. The summed E-state index contributed by atoms with van der Waals surface area (Å²) >= 11 is 0. The number of imidazole rings is 1. The standard InChI is InChI=1S/C42H27N3O2/c46-37-20-6-4-17-33(37)36-26-30(27-12-2-1-3-13-27)25-35(43-36)28-14-10-15-29(24-28)40-41(45-23-9-8-22-39(45)44-40)34-19-11-18-32-31-16-5-7-21-38(31)47-42(32)34/h1-26,46H. The molecular weight excluding hydrogens is 578 g/mol. The zero-order chi connectivity index (χ0) is 31.3. The van der Waals surface area contributed by atoms with Crippen molar-refractivity contribution >= 4 is 27.6 Å². The predicted molar refractivity (Wildman–Crippen MR) is 189 cm³/mol. The monoisotopic (exact) mass is 605 g/mol. The highest BCUT2D eigenvalue weighted by Crippen LogP contribution is 2.41. The van der Waals surface area contributed by atoms with Gasteiger partial charge in [0.1, 0.15) is 22.6 Å². The molecule has 1 N–H and O–H groups in total. The molecule has 4 aromatic heterocycles. The van der Waals surface area contributed by atoms with Gasteiger partial charge in [0.2, 0.25) is 0 Å². The fourth-order valence-corrected chi connectivity index (χ4v) is 6.52. The van der Waals surface area contributed by atoms with E-state index in [1.807, 2.05) is 78.9 Å². The fourth-order valence-electron chi connectivity index (χ4n) is 6.52. The lowest BCUT2D eigenvalue weighted by molar-refractivity contribution is 0.477. The molecule has 0 fully saturated rings. The summed E-state index contributed by atoms with van der Waals surface area (Å²) in [5, 5.41) is 12.9. The molecule has 222 valence electrons. The minimum absolute atomic E-state index is 0.194. The van der Waals surface area contributed by atoms with Crippen LogP contribution in [0.1, 0.15) is 0 Å². The van der Waals surface area contributed by atoms with Crippen molar-refractivity contribution < 1.29 is 9.52 Å². The van der Waals surface area contributed by atoms with Crippen LogP contribution in [-0.2, 0) is 0 Å². The Labute approximate surface area is 270 Å². The van der Waals surface area contributed by atoms with E-state index in [0.29, 0.717) is 11.3 Å². The van der Waals surface area contributed by atoms with E-state index in [9.17, 15) is 5.11 Å². The van der Waals surface area contributed by atoms with Gasteiger partial charge in [-0.25, -0.2) is 9.97 Å². The number of aromatic hydroxyl groups is 1. The average molecular weight is 606 g/mol. The van der Waals surface area contributed by atoms with Gasteiger partial charge in [0.15, 0.2) is 0 Å². The number of benzene rings is 5. The maximum Gasteiger partial charge on any atom is 0.144 e. The third-order valence-corrected chi connectivity index (χ3v) is 8.73. The van der Waals surface area contributed by atoms with Crippen LogP contribution in [0.15, 0.2) is 162 Å². The molecule has 5 aromatic carbocycles. The first-order valence-electron chi connectivity index (χ1n) is 15.6. The normalized spacial score (nSPS) is 11.5. The van der Waals surface area contributed by atoms with Gasteiger partial charge in [0, 0.05) is 39.2 Å². The van der Waals surface area contributed by atoms with Crippen molar-refractivity contribution in [3.8, 4) is 61.9 Å². The molecule has 0 aliphatic carbocycles. The van der Waals surface area contributed by atoms with Crippen LogP contribution < -0.4 is 0 Å². The molecule has 0 spiro atoms. The average Bonchev–Trinajstić information content (AvgIpc) is 3.71. The summed E-state index contributed by atoms with van der Waals surface area (Å²) in [7, 11) is 0. The first-order valence-corrected chi connectivity index (χ1v) is 15.6. The molecule has 0 amide bonds. The zero-order valence-corrected chi connectivity index (χ0v) is 25.2. The third kappa shape index (κ3) is 4.56. The van der Waals surface area contributed by atoms with Crippen LogP contribution in [-0.4, -0.2) is 19.5 Å². The van der Waals surface area contributed by atoms with Gasteiger partial charge in [0.05, 0.1) is 22.8 Å². The predicted octanol–water partition coefficient (Wildman–Crippen LogP) is 10.7. The number of furan rings is 1. The summed E-state index contributed by atoms with van der Waals surface area (Å²) in [6, 6.07) is 50.6. The number of pyridine rings is 2. The highest BCUT2D eigenvalue weighted by molar-refractivity contribution is 6.10. The quantitative estimate of drug-likeness (QED) is 0.212. The second-order valence-electron chi connectivity index (χ2n) is 11.6. The molecule has 0 unspecified atom stereocenters. The Morgan fingerprint density at radius 3 is 2.13 bits per heavy atom. The number of para-hydroxylation sites is 3. The SMILES string of the molecule is Oc1ccccc1-c1cc(-c2ccccc2)cc(-c2cccc(-c3nc4ccccn4c3-c3cccc4c3oc3ccccc34)c2)n1. The molecule has 5 nitrogen and oxygen atoms in total. The van der Waals surface area contributed by atoms with Gasteiger partial charge in [-0.2, -0.15) is 0 Å². The maximum absolute atomic E-state index is 10.8. The van der Waals surface area contributed by atoms with Crippen LogP contribution in [0.4, 0.5) is 0 Å². The molecule has 47 heavy (non-hydrogen) atoms. The summed E-state index contributed by atoms with van der Waals surface area (Å²) in [4.78, 5) is 10.2. The van der Waals surface area contributed by atoms with Crippen LogP contribution in [0.5, 0.6) is 5.75 Å². The van der Waals surface area contributed by atoms with Crippen LogP contribution in [0.25, 0.3) is 83.7 Å². The number of nitrogens with zero attached hydrogens (tertiary/aromatic N) is 3. The minimum atomic E-state index is 0.194. The maximum atomic E-state index is 10.8. The molecule has 0 aliphatic heterocycles. The molecule has 0 aliphatic rings. The van der Waals surface area contributed by atoms with E-state index < -0.39 is 0 Å². The zero-order valence-electron chi connectivity index (χ0n) is 25.2. The summed E-state index contributed by atoms with van der Waals surface area (Å²) in [6.45, 7) is 0. The summed E-state index contributed by atoms with van der Waals surface area (Å²) < 4.78 is 8.62. The van der Waals surface area contributed by atoms with Crippen molar-refractivity contribution in [3.63, 3.8) is 0 Å². The lowest BCUT2D eigenvalue weighted by Crippen LogP contribution is -1.93. The van der Waals surface area contributed by atoms with Crippen LogP contribution in [0, 0.1) is 0 Å². The van der Waals surface area contributed by atoms with Gasteiger partial charge in [-0.15, -0.1) is 0 Å².